The molecule has 0 saturated carbocycles. The Labute approximate surface area is 76.0 Å². The highest BCUT2D eigenvalue weighted by molar-refractivity contribution is 6.06. The van der Waals surface area contributed by atoms with E-state index in [0.29, 0.717) is 0 Å². The average molecular weight is 178 g/mol. The lowest BCUT2D eigenvalue weighted by Gasteiger charge is -1.96. The topological polar surface area (TPSA) is 59.9 Å². The molecule has 0 aliphatic rings. The summed E-state index contributed by atoms with van der Waals surface area (Å²) in [5.41, 5.74) is 1.00. The monoisotopic (exact) mass is 178 g/mol. The molecule has 0 atom stereocenters. The molecule has 0 aliphatic heterocycles. The third-order valence-corrected chi connectivity index (χ3v) is 1.48. The molecule has 0 spiro atoms. The number of rotatable bonds is 3. The summed E-state index contributed by atoms with van der Waals surface area (Å²) in [5, 5.41) is 0. The van der Waals surface area contributed by atoms with Crippen molar-refractivity contribution in [2.45, 2.75) is 20.3 Å². The van der Waals surface area contributed by atoms with Gasteiger partial charge in [-0.25, -0.2) is 4.98 Å². The van der Waals surface area contributed by atoms with Crippen molar-refractivity contribution in [2.75, 3.05) is 0 Å². The molecule has 0 bridgehead atoms. The first kappa shape index (κ1) is 9.51. The third kappa shape index (κ3) is 2.74. The van der Waals surface area contributed by atoms with Gasteiger partial charge >= 0.3 is 0 Å². The van der Waals surface area contributed by atoms with Crippen molar-refractivity contribution in [3.05, 3.63) is 23.8 Å². The molecule has 0 aliphatic carbocycles. The average Bonchev–Trinajstić information content (AvgIpc) is 2.04. The second-order valence-electron chi connectivity index (χ2n) is 2.84. The summed E-state index contributed by atoms with van der Waals surface area (Å²) < 4.78 is 0. The Morgan fingerprint density at radius 3 is 2.46 bits per heavy atom. The number of carbonyl (C=O) groups excluding carboxylic acids is 2. The highest BCUT2D eigenvalue weighted by Gasteiger charge is 2.09. The molecule has 0 amide bonds. The van der Waals surface area contributed by atoms with Gasteiger partial charge in [-0.3, -0.25) is 14.6 Å². The molecule has 1 aromatic heterocycles. The minimum atomic E-state index is -0.278. The smallest absolute Gasteiger partial charge is 0.190 e. The molecule has 0 aromatic carbocycles. The van der Waals surface area contributed by atoms with E-state index in [4.69, 9.17) is 0 Å². The van der Waals surface area contributed by atoms with Gasteiger partial charge in [0.2, 0.25) is 0 Å². The van der Waals surface area contributed by atoms with Crippen LogP contribution >= 0.6 is 0 Å². The zero-order chi connectivity index (χ0) is 9.84. The molecule has 68 valence electrons. The lowest BCUT2D eigenvalue weighted by molar-refractivity contribution is -0.116. The number of aryl methyl sites for hydroxylation is 1. The number of carbonyl (C=O) groups is 2. The van der Waals surface area contributed by atoms with Crippen LogP contribution in [0.2, 0.25) is 0 Å². The molecule has 1 aromatic rings. The third-order valence-electron chi connectivity index (χ3n) is 1.48. The van der Waals surface area contributed by atoms with E-state index in [2.05, 4.69) is 9.97 Å². The normalized spacial score (nSPS) is 9.69. The molecule has 0 saturated heterocycles. The van der Waals surface area contributed by atoms with E-state index in [-0.39, 0.29) is 23.7 Å². The van der Waals surface area contributed by atoms with Crippen molar-refractivity contribution < 1.29 is 9.59 Å². The first-order valence-electron chi connectivity index (χ1n) is 3.91. The number of Topliss-reactive ketones (excluding diaryl/α,β-unsaturated/α-hetero) is 2. The van der Waals surface area contributed by atoms with Gasteiger partial charge in [-0.15, -0.1) is 0 Å². The summed E-state index contributed by atoms with van der Waals surface area (Å²) in [6.45, 7) is 3.16. The molecule has 1 heterocycles. The number of ketones is 2. The predicted molar refractivity (Wildman–Crippen MR) is 46.4 cm³/mol. The van der Waals surface area contributed by atoms with E-state index >= 15 is 0 Å². The molecule has 0 unspecified atom stereocenters. The van der Waals surface area contributed by atoms with E-state index in [1.54, 1.807) is 6.92 Å². The zero-order valence-electron chi connectivity index (χ0n) is 7.57. The van der Waals surface area contributed by atoms with Gasteiger partial charge in [-0.05, 0) is 13.8 Å². The number of aromatic nitrogens is 2. The Hall–Kier alpha value is -1.58. The Kier molecular flexibility index (Phi) is 2.84. The lowest BCUT2D eigenvalue weighted by atomic mass is 10.2. The van der Waals surface area contributed by atoms with Crippen LogP contribution in [0.25, 0.3) is 0 Å². The van der Waals surface area contributed by atoms with Crippen LogP contribution in [0.3, 0.4) is 0 Å². The zero-order valence-corrected chi connectivity index (χ0v) is 7.57. The van der Waals surface area contributed by atoms with Gasteiger partial charge in [0.05, 0.1) is 18.3 Å². The van der Waals surface area contributed by atoms with Crippen molar-refractivity contribution in [3.63, 3.8) is 0 Å². The van der Waals surface area contributed by atoms with Crippen LogP contribution in [0, 0.1) is 6.92 Å². The minimum absolute atomic E-state index is 0.0995. The molecular formula is C9H10N2O2. The number of nitrogens with zero attached hydrogens (tertiary/aromatic N) is 2. The summed E-state index contributed by atoms with van der Waals surface area (Å²) in [4.78, 5) is 29.6. The van der Waals surface area contributed by atoms with Gasteiger partial charge in [0.25, 0.3) is 0 Å². The maximum Gasteiger partial charge on any atom is 0.190 e. The Balaban J connectivity index is 2.78. The van der Waals surface area contributed by atoms with Crippen molar-refractivity contribution in [2.24, 2.45) is 0 Å². The van der Waals surface area contributed by atoms with Crippen LogP contribution in [0.5, 0.6) is 0 Å². The first-order chi connectivity index (χ1) is 6.09. The molecule has 0 fully saturated rings. The van der Waals surface area contributed by atoms with Crippen LogP contribution in [0.4, 0.5) is 0 Å². The van der Waals surface area contributed by atoms with Gasteiger partial charge in [0, 0.05) is 6.20 Å². The standard InChI is InChI=1S/C9H10N2O2/c1-6-4-11-8(5-10-6)9(13)3-7(2)12/h4-5H,3H2,1-2H3. The molecule has 0 N–H and O–H groups in total. The Bertz CT molecular complexity index is 330. The maximum absolute atomic E-state index is 11.2. The van der Waals surface area contributed by atoms with Gasteiger partial charge < -0.3 is 0 Å². The second kappa shape index (κ2) is 3.89. The van der Waals surface area contributed by atoms with Crippen LogP contribution in [0.1, 0.15) is 29.5 Å². The fourth-order valence-electron chi connectivity index (χ4n) is 0.853. The van der Waals surface area contributed by atoms with Crippen LogP contribution in [-0.2, 0) is 4.79 Å². The SMILES string of the molecule is CC(=O)CC(=O)c1cnc(C)cn1. The molecular weight excluding hydrogens is 168 g/mol. The van der Waals surface area contributed by atoms with E-state index in [0.717, 1.165) is 5.69 Å². The summed E-state index contributed by atoms with van der Waals surface area (Å²) in [5.74, 6) is -0.438. The molecule has 13 heavy (non-hydrogen) atoms. The molecule has 0 radical (unpaired) electrons. The van der Waals surface area contributed by atoms with Gasteiger partial charge in [0.1, 0.15) is 11.5 Å². The Morgan fingerprint density at radius 2 is 2.00 bits per heavy atom. The highest BCUT2D eigenvalue weighted by Crippen LogP contribution is 1.99. The van der Waals surface area contributed by atoms with Crippen LogP contribution in [0.15, 0.2) is 12.4 Å². The Morgan fingerprint density at radius 1 is 1.31 bits per heavy atom. The van der Waals surface area contributed by atoms with Gasteiger partial charge in [0.15, 0.2) is 5.78 Å². The lowest BCUT2D eigenvalue weighted by Crippen LogP contribution is -2.07. The summed E-state index contributed by atoms with van der Waals surface area (Å²) >= 11 is 0. The van der Waals surface area contributed by atoms with Gasteiger partial charge in [-0.1, -0.05) is 0 Å². The fourth-order valence-corrected chi connectivity index (χ4v) is 0.853. The summed E-state index contributed by atoms with van der Waals surface area (Å²) in [6.07, 6.45) is 2.80. The van der Waals surface area contributed by atoms with Crippen LogP contribution in [-0.4, -0.2) is 21.5 Å². The van der Waals surface area contributed by atoms with Gasteiger partial charge in [-0.2, -0.15) is 0 Å². The van der Waals surface area contributed by atoms with Crippen LogP contribution < -0.4 is 0 Å². The van der Waals surface area contributed by atoms with E-state index in [1.165, 1.54) is 19.3 Å². The van der Waals surface area contributed by atoms with E-state index in [1.807, 2.05) is 0 Å². The minimum Gasteiger partial charge on any atom is -0.300 e. The van der Waals surface area contributed by atoms with E-state index < -0.39 is 0 Å². The molecule has 4 heteroatoms. The highest BCUT2D eigenvalue weighted by atomic mass is 16.1. The van der Waals surface area contributed by atoms with E-state index in [9.17, 15) is 9.59 Å². The molecule has 1 rings (SSSR count). The summed E-state index contributed by atoms with van der Waals surface area (Å²) in [7, 11) is 0. The van der Waals surface area contributed by atoms with Crippen molar-refractivity contribution in [3.8, 4) is 0 Å². The quantitative estimate of drug-likeness (QED) is 0.510. The van der Waals surface area contributed by atoms with Crippen molar-refractivity contribution >= 4 is 11.6 Å². The number of hydrogen-bond acceptors (Lipinski definition) is 4. The second-order valence-corrected chi connectivity index (χ2v) is 2.84. The number of hydrogen-bond donors (Lipinski definition) is 0. The molecule has 4 nitrogen and oxygen atoms in total. The largest absolute Gasteiger partial charge is 0.300 e. The fraction of sp³-hybridized carbons (Fsp3) is 0.333. The predicted octanol–water partition coefficient (Wildman–Crippen LogP) is 0.947. The summed E-state index contributed by atoms with van der Waals surface area (Å²) in [6, 6.07) is 0. The van der Waals surface area contributed by atoms with Crippen molar-refractivity contribution in [1.29, 1.82) is 0 Å². The first-order valence-corrected chi connectivity index (χ1v) is 3.91. The van der Waals surface area contributed by atoms with Crippen molar-refractivity contribution in [1.82, 2.24) is 9.97 Å². The maximum atomic E-state index is 11.2.